The molecule has 3 rings (SSSR count). The van der Waals surface area contributed by atoms with Crippen LogP contribution in [0.3, 0.4) is 0 Å². The van der Waals surface area contributed by atoms with Crippen molar-refractivity contribution in [3.05, 3.63) is 33.1 Å². The second kappa shape index (κ2) is 7.18. The third-order valence-electron chi connectivity index (χ3n) is 3.33. The number of nitrogens with one attached hydrogen (secondary N) is 1. The molecule has 0 aromatic carbocycles. The molecule has 3 aromatic rings. The minimum Gasteiger partial charge on any atom is -0.300 e. The van der Waals surface area contributed by atoms with Crippen LogP contribution in [0, 0.1) is 5.92 Å². The van der Waals surface area contributed by atoms with E-state index in [0.29, 0.717) is 21.3 Å². The zero-order chi connectivity index (χ0) is 17.1. The molecule has 0 fully saturated rings. The maximum atomic E-state index is 12.2. The summed E-state index contributed by atoms with van der Waals surface area (Å²) in [4.78, 5) is 29.2. The van der Waals surface area contributed by atoms with Crippen LogP contribution in [0.5, 0.6) is 0 Å². The molecule has 9 heteroatoms. The number of hydrogen-bond acceptors (Lipinski definition) is 7. The number of aryl methyl sites for hydroxylation is 1. The number of hydrogen-bond donors (Lipinski definition) is 1. The molecule has 0 bridgehead atoms. The molecule has 0 aliphatic heterocycles. The van der Waals surface area contributed by atoms with Crippen molar-refractivity contribution in [1.29, 1.82) is 0 Å². The van der Waals surface area contributed by atoms with Gasteiger partial charge in [0.2, 0.25) is 11.0 Å². The summed E-state index contributed by atoms with van der Waals surface area (Å²) in [6, 6.07) is 1.75. The molecule has 0 aliphatic rings. The first kappa shape index (κ1) is 16.7. The van der Waals surface area contributed by atoms with Crippen LogP contribution in [0.2, 0.25) is 0 Å². The molecule has 1 N–H and O–H groups in total. The van der Waals surface area contributed by atoms with E-state index in [-0.39, 0.29) is 24.4 Å². The van der Waals surface area contributed by atoms with Gasteiger partial charge in [-0.05, 0) is 17.4 Å². The van der Waals surface area contributed by atoms with E-state index in [4.69, 9.17) is 0 Å². The van der Waals surface area contributed by atoms with Gasteiger partial charge >= 0.3 is 0 Å². The summed E-state index contributed by atoms with van der Waals surface area (Å²) in [6.07, 6.45) is 2.51. The monoisotopic (exact) mass is 363 g/mol. The first-order chi connectivity index (χ1) is 11.5. The summed E-state index contributed by atoms with van der Waals surface area (Å²) in [5.41, 5.74) is -0.121. The van der Waals surface area contributed by atoms with Crippen LogP contribution < -0.4 is 10.9 Å². The number of aromatic nitrogens is 4. The number of anilines is 1. The fraction of sp³-hybridized carbons (Fsp3) is 0.400. The lowest BCUT2D eigenvalue weighted by Crippen LogP contribution is -2.23. The molecule has 0 unspecified atom stereocenters. The Hall–Kier alpha value is -2.13. The Morgan fingerprint density at radius 1 is 1.38 bits per heavy atom. The Bertz CT molecular complexity index is 912. The minimum absolute atomic E-state index is 0.121. The molecule has 126 valence electrons. The number of rotatable bonds is 6. The highest BCUT2D eigenvalue weighted by molar-refractivity contribution is 7.16. The van der Waals surface area contributed by atoms with E-state index in [2.05, 4.69) is 34.3 Å². The molecule has 24 heavy (non-hydrogen) atoms. The second-order valence-corrected chi connectivity index (χ2v) is 7.74. The van der Waals surface area contributed by atoms with Crippen LogP contribution >= 0.6 is 22.7 Å². The van der Waals surface area contributed by atoms with Gasteiger partial charge in [-0.1, -0.05) is 25.2 Å². The van der Waals surface area contributed by atoms with Gasteiger partial charge in [0.25, 0.3) is 5.56 Å². The highest BCUT2D eigenvalue weighted by Crippen LogP contribution is 2.18. The van der Waals surface area contributed by atoms with Gasteiger partial charge in [0.1, 0.15) is 9.84 Å². The molecule has 3 heterocycles. The zero-order valence-electron chi connectivity index (χ0n) is 13.4. The van der Waals surface area contributed by atoms with Gasteiger partial charge in [-0.15, -0.1) is 21.5 Å². The Labute approximate surface area is 146 Å². The van der Waals surface area contributed by atoms with E-state index >= 15 is 0 Å². The average molecular weight is 363 g/mol. The van der Waals surface area contributed by atoms with Gasteiger partial charge in [-0.2, -0.15) is 0 Å². The Morgan fingerprint density at radius 3 is 3.00 bits per heavy atom. The number of nitrogens with zero attached hydrogens (tertiary/aromatic N) is 4. The van der Waals surface area contributed by atoms with Crippen LogP contribution in [-0.4, -0.2) is 25.7 Å². The van der Waals surface area contributed by atoms with Crippen molar-refractivity contribution in [2.24, 2.45) is 5.92 Å². The highest BCUT2D eigenvalue weighted by Gasteiger charge is 2.11. The number of thiophene rings is 1. The topological polar surface area (TPSA) is 89.8 Å². The van der Waals surface area contributed by atoms with Gasteiger partial charge in [-0.3, -0.25) is 14.2 Å². The fourth-order valence-corrected chi connectivity index (χ4v) is 3.88. The second-order valence-electron chi connectivity index (χ2n) is 5.78. The Kier molecular flexibility index (Phi) is 5.00. The lowest BCUT2D eigenvalue weighted by atomic mass is 10.1. The molecular formula is C15H17N5O2S2. The number of carbonyl (C=O) groups excluding carboxylic acids is 1. The predicted octanol–water partition coefficient (Wildman–Crippen LogP) is 2.54. The summed E-state index contributed by atoms with van der Waals surface area (Å²) in [6.45, 7) is 4.49. The normalized spacial score (nSPS) is 11.3. The maximum Gasteiger partial charge on any atom is 0.262 e. The number of fused-ring (bicyclic) bond motifs is 1. The van der Waals surface area contributed by atoms with E-state index < -0.39 is 0 Å². The van der Waals surface area contributed by atoms with Crippen molar-refractivity contribution in [1.82, 2.24) is 19.7 Å². The van der Waals surface area contributed by atoms with Gasteiger partial charge < -0.3 is 5.32 Å². The molecule has 0 radical (unpaired) electrons. The van der Waals surface area contributed by atoms with Crippen molar-refractivity contribution in [2.45, 2.75) is 33.2 Å². The molecule has 7 nitrogen and oxygen atoms in total. The van der Waals surface area contributed by atoms with E-state index in [1.165, 1.54) is 33.6 Å². The van der Waals surface area contributed by atoms with Gasteiger partial charge in [0.05, 0.1) is 11.7 Å². The van der Waals surface area contributed by atoms with Crippen LogP contribution in [0.1, 0.15) is 25.3 Å². The van der Waals surface area contributed by atoms with E-state index in [9.17, 15) is 9.59 Å². The van der Waals surface area contributed by atoms with Crippen molar-refractivity contribution >= 4 is 43.9 Å². The average Bonchev–Trinajstić information content (AvgIpc) is 3.15. The lowest BCUT2D eigenvalue weighted by molar-refractivity contribution is -0.116. The van der Waals surface area contributed by atoms with E-state index in [1.807, 2.05) is 5.38 Å². The Balaban J connectivity index is 1.59. The molecule has 1 amide bonds. The van der Waals surface area contributed by atoms with E-state index in [1.54, 1.807) is 6.07 Å². The maximum absolute atomic E-state index is 12.2. The van der Waals surface area contributed by atoms with Gasteiger partial charge in [0, 0.05) is 19.4 Å². The Morgan fingerprint density at radius 2 is 2.21 bits per heavy atom. The standard InChI is InChI=1S/C15H17N5O2S2/c1-9(2)7-12-18-19-15(24-12)17-11(21)3-5-20-8-16-13-10(14(20)22)4-6-23-13/h4,6,8-9H,3,5,7H2,1-2H3,(H,17,19,21). The van der Waals surface area contributed by atoms with Crippen LogP contribution in [0.4, 0.5) is 5.13 Å². The first-order valence-electron chi connectivity index (χ1n) is 7.58. The number of amides is 1. The van der Waals surface area contributed by atoms with Gasteiger partial charge in [-0.25, -0.2) is 4.98 Å². The lowest BCUT2D eigenvalue weighted by Gasteiger charge is -2.04. The third-order valence-corrected chi connectivity index (χ3v) is 5.01. The minimum atomic E-state index is -0.195. The first-order valence-corrected chi connectivity index (χ1v) is 9.27. The molecule has 0 aliphatic carbocycles. The molecule has 0 atom stereocenters. The smallest absolute Gasteiger partial charge is 0.262 e. The predicted molar refractivity (Wildman–Crippen MR) is 95.6 cm³/mol. The largest absolute Gasteiger partial charge is 0.300 e. The summed E-state index contributed by atoms with van der Waals surface area (Å²) in [5, 5.41) is 14.6. The van der Waals surface area contributed by atoms with Crippen LogP contribution in [0.15, 0.2) is 22.6 Å². The van der Waals surface area contributed by atoms with Gasteiger partial charge in [0.15, 0.2) is 0 Å². The molecular weight excluding hydrogens is 346 g/mol. The van der Waals surface area contributed by atoms with E-state index in [0.717, 1.165) is 11.4 Å². The zero-order valence-corrected chi connectivity index (χ0v) is 15.0. The molecule has 3 aromatic heterocycles. The third kappa shape index (κ3) is 3.85. The quantitative estimate of drug-likeness (QED) is 0.727. The summed E-state index contributed by atoms with van der Waals surface area (Å²) >= 11 is 2.81. The van der Waals surface area contributed by atoms with Crippen LogP contribution in [-0.2, 0) is 17.8 Å². The summed E-state index contributed by atoms with van der Waals surface area (Å²) in [5.74, 6) is 0.299. The van der Waals surface area contributed by atoms with Crippen molar-refractivity contribution in [3.63, 3.8) is 0 Å². The summed E-state index contributed by atoms with van der Waals surface area (Å²) in [7, 11) is 0. The molecule has 0 saturated carbocycles. The van der Waals surface area contributed by atoms with Crippen molar-refractivity contribution < 1.29 is 4.79 Å². The molecule has 0 saturated heterocycles. The van der Waals surface area contributed by atoms with Crippen molar-refractivity contribution in [3.8, 4) is 0 Å². The highest BCUT2D eigenvalue weighted by atomic mass is 32.1. The number of carbonyl (C=O) groups is 1. The van der Waals surface area contributed by atoms with Crippen molar-refractivity contribution in [2.75, 3.05) is 5.32 Å². The fourth-order valence-electron chi connectivity index (χ4n) is 2.19. The SMILES string of the molecule is CC(C)Cc1nnc(NC(=O)CCn2cnc3sccc3c2=O)s1. The molecule has 0 spiro atoms. The summed E-state index contributed by atoms with van der Waals surface area (Å²) < 4.78 is 1.46. The van der Waals surface area contributed by atoms with Crippen LogP contribution in [0.25, 0.3) is 10.2 Å².